The summed E-state index contributed by atoms with van der Waals surface area (Å²) in [6.07, 6.45) is 5.25. The summed E-state index contributed by atoms with van der Waals surface area (Å²) in [5, 5.41) is 3.00. The first kappa shape index (κ1) is 12.9. The molecule has 1 aliphatic rings. The maximum Gasteiger partial charge on any atom is 0.272 e. The molecule has 4 nitrogen and oxygen atoms in total. The van der Waals surface area contributed by atoms with E-state index < -0.39 is 0 Å². The lowest BCUT2D eigenvalue weighted by molar-refractivity contribution is 0.0781. The molecule has 0 radical (unpaired) electrons. The van der Waals surface area contributed by atoms with Crippen molar-refractivity contribution in [2.75, 3.05) is 25.5 Å². The van der Waals surface area contributed by atoms with Crippen LogP contribution in [0.3, 0.4) is 0 Å². The highest BCUT2D eigenvalue weighted by atomic mass is 16.2. The molecule has 1 fully saturated rings. The number of amides is 1. The van der Waals surface area contributed by atoms with Crippen molar-refractivity contribution in [3.8, 4) is 0 Å². The second-order valence-corrected chi connectivity index (χ2v) is 4.88. The zero-order valence-electron chi connectivity index (χ0n) is 11.1. The molecular formula is C14H21N3O. The van der Waals surface area contributed by atoms with Gasteiger partial charge in [-0.25, -0.2) is 4.98 Å². The Balaban J connectivity index is 1.98. The Kier molecular flexibility index (Phi) is 4.18. The average molecular weight is 247 g/mol. The van der Waals surface area contributed by atoms with Gasteiger partial charge in [0.1, 0.15) is 5.69 Å². The number of nitrogens with zero attached hydrogens (tertiary/aromatic N) is 2. The quantitative estimate of drug-likeness (QED) is 0.888. The van der Waals surface area contributed by atoms with E-state index in [9.17, 15) is 4.79 Å². The molecule has 1 aromatic rings. The van der Waals surface area contributed by atoms with Crippen LogP contribution in [0.25, 0.3) is 0 Å². The fourth-order valence-electron chi connectivity index (χ4n) is 2.49. The Bertz CT molecular complexity index is 402. The van der Waals surface area contributed by atoms with Gasteiger partial charge in [0.2, 0.25) is 0 Å². The molecule has 0 spiro atoms. The molecule has 18 heavy (non-hydrogen) atoms. The van der Waals surface area contributed by atoms with Gasteiger partial charge >= 0.3 is 0 Å². The normalized spacial score (nSPS) is 19.0. The lowest BCUT2D eigenvalue weighted by Gasteiger charge is -2.16. The highest BCUT2D eigenvalue weighted by molar-refractivity contribution is 5.92. The van der Waals surface area contributed by atoms with E-state index in [4.69, 9.17) is 0 Å². The van der Waals surface area contributed by atoms with Gasteiger partial charge < -0.3 is 10.2 Å². The number of hydrogen-bond acceptors (Lipinski definition) is 3. The predicted octanol–water partition coefficient (Wildman–Crippen LogP) is 2.39. The smallest absolute Gasteiger partial charge is 0.272 e. The lowest BCUT2D eigenvalue weighted by Crippen LogP contribution is -2.29. The Hall–Kier alpha value is -1.58. The van der Waals surface area contributed by atoms with Crippen LogP contribution in [0.4, 0.5) is 5.69 Å². The molecule has 0 saturated carbocycles. The van der Waals surface area contributed by atoms with Crippen LogP contribution in [0.15, 0.2) is 18.3 Å². The second kappa shape index (κ2) is 5.85. The minimum absolute atomic E-state index is 0.0660. The van der Waals surface area contributed by atoms with Crippen molar-refractivity contribution in [2.24, 2.45) is 5.92 Å². The number of carbonyl (C=O) groups is 1. The number of likely N-dealkylation sites (tertiary alicyclic amines) is 1. The minimum Gasteiger partial charge on any atom is -0.387 e. The van der Waals surface area contributed by atoms with E-state index in [-0.39, 0.29) is 5.91 Å². The van der Waals surface area contributed by atoms with E-state index in [1.54, 1.807) is 12.3 Å². The molecule has 1 aliphatic heterocycles. The SMILES string of the molecule is CCCC1CCN(C(=O)c2ccc(NC)cn2)C1. The van der Waals surface area contributed by atoms with E-state index in [1.165, 1.54) is 12.8 Å². The van der Waals surface area contributed by atoms with E-state index >= 15 is 0 Å². The largest absolute Gasteiger partial charge is 0.387 e. The predicted molar refractivity (Wildman–Crippen MR) is 72.7 cm³/mol. The molecule has 1 unspecified atom stereocenters. The lowest BCUT2D eigenvalue weighted by atomic mass is 10.0. The molecule has 1 saturated heterocycles. The molecule has 1 amide bonds. The molecule has 1 aromatic heterocycles. The molecule has 2 heterocycles. The van der Waals surface area contributed by atoms with Crippen LogP contribution in [0, 0.1) is 5.92 Å². The third kappa shape index (κ3) is 2.81. The molecule has 4 heteroatoms. The van der Waals surface area contributed by atoms with Gasteiger partial charge in [-0.1, -0.05) is 13.3 Å². The highest BCUT2D eigenvalue weighted by Crippen LogP contribution is 2.22. The Morgan fingerprint density at radius 1 is 1.56 bits per heavy atom. The van der Waals surface area contributed by atoms with Crippen molar-refractivity contribution >= 4 is 11.6 Å². The standard InChI is InChI=1S/C14H21N3O/c1-3-4-11-7-8-17(10-11)14(18)13-6-5-12(15-2)9-16-13/h5-6,9,11,15H,3-4,7-8,10H2,1-2H3. The number of hydrogen-bond donors (Lipinski definition) is 1. The molecule has 0 aliphatic carbocycles. The number of aromatic nitrogens is 1. The van der Waals surface area contributed by atoms with Crippen LogP contribution in [0.1, 0.15) is 36.7 Å². The van der Waals surface area contributed by atoms with Crippen molar-refractivity contribution in [3.63, 3.8) is 0 Å². The molecular weight excluding hydrogens is 226 g/mol. The van der Waals surface area contributed by atoms with Gasteiger partial charge in [0, 0.05) is 20.1 Å². The van der Waals surface area contributed by atoms with Crippen molar-refractivity contribution in [2.45, 2.75) is 26.2 Å². The average Bonchev–Trinajstić information content (AvgIpc) is 2.87. The van der Waals surface area contributed by atoms with Crippen molar-refractivity contribution in [1.29, 1.82) is 0 Å². The molecule has 0 bridgehead atoms. The van der Waals surface area contributed by atoms with Crippen LogP contribution >= 0.6 is 0 Å². The van der Waals surface area contributed by atoms with Crippen LogP contribution in [-0.2, 0) is 0 Å². The van der Waals surface area contributed by atoms with Crippen molar-refractivity contribution in [3.05, 3.63) is 24.0 Å². The number of rotatable bonds is 4. The first-order chi connectivity index (χ1) is 8.74. The molecule has 98 valence electrons. The first-order valence-corrected chi connectivity index (χ1v) is 6.67. The fraction of sp³-hybridized carbons (Fsp3) is 0.571. The first-order valence-electron chi connectivity index (χ1n) is 6.67. The summed E-state index contributed by atoms with van der Waals surface area (Å²) < 4.78 is 0. The van der Waals surface area contributed by atoms with E-state index in [0.29, 0.717) is 11.6 Å². The highest BCUT2D eigenvalue weighted by Gasteiger charge is 2.26. The maximum absolute atomic E-state index is 12.2. The van der Waals surface area contributed by atoms with Gasteiger partial charge in [-0.05, 0) is 30.9 Å². The topological polar surface area (TPSA) is 45.2 Å². The van der Waals surface area contributed by atoms with Crippen LogP contribution in [0.5, 0.6) is 0 Å². The summed E-state index contributed by atoms with van der Waals surface area (Å²) in [5.41, 5.74) is 1.47. The summed E-state index contributed by atoms with van der Waals surface area (Å²) >= 11 is 0. The van der Waals surface area contributed by atoms with Crippen molar-refractivity contribution in [1.82, 2.24) is 9.88 Å². The fourth-order valence-corrected chi connectivity index (χ4v) is 2.49. The van der Waals surface area contributed by atoms with E-state index in [0.717, 1.165) is 25.2 Å². The summed E-state index contributed by atoms with van der Waals surface area (Å²) in [6, 6.07) is 3.68. The van der Waals surface area contributed by atoms with E-state index in [2.05, 4.69) is 17.2 Å². The maximum atomic E-state index is 12.2. The van der Waals surface area contributed by atoms with Gasteiger partial charge in [0.05, 0.1) is 11.9 Å². The van der Waals surface area contributed by atoms with Crippen LogP contribution < -0.4 is 5.32 Å². The monoisotopic (exact) mass is 247 g/mol. The second-order valence-electron chi connectivity index (χ2n) is 4.88. The number of nitrogens with one attached hydrogen (secondary N) is 1. The Morgan fingerprint density at radius 3 is 3.00 bits per heavy atom. The van der Waals surface area contributed by atoms with Gasteiger partial charge in [0.25, 0.3) is 5.91 Å². The number of pyridine rings is 1. The van der Waals surface area contributed by atoms with Crippen LogP contribution in [0.2, 0.25) is 0 Å². The molecule has 2 rings (SSSR count). The van der Waals surface area contributed by atoms with Gasteiger partial charge in [-0.15, -0.1) is 0 Å². The third-order valence-electron chi connectivity index (χ3n) is 3.54. The summed E-state index contributed by atoms with van der Waals surface area (Å²) in [7, 11) is 1.84. The Labute approximate surface area is 108 Å². The molecule has 1 N–H and O–H groups in total. The summed E-state index contributed by atoms with van der Waals surface area (Å²) in [6.45, 7) is 3.96. The third-order valence-corrected chi connectivity index (χ3v) is 3.54. The van der Waals surface area contributed by atoms with Gasteiger partial charge in [0.15, 0.2) is 0 Å². The van der Waals surface area contributed by atoms with Crippen molar-refractivity contribution < 1.29 is 4.79 Å². The summed E-state index contributed by atoms with van der Waals surface area (Å²) in [4.78, 5) is 18.4. The zero-order valence-corrected chi connectivity index (χ0v) is 11.1. The molecule has 1 atom stereocenters. The molecule has 0 aromatic carbocycles. The number of anilines is 1. The number of carbonyl (C=O) groups excluding carboxylic acids is 1. The zero-order chi connectivity index (χ0) is 13.0. The van der Waals surface area contributed by atoms with Crippen LogP contribution in [-0.4, -0.2) is 35.9 Å². The minimum atomic E-state index is 0.0660. The Morgan fingerprint density at radius 2 is 2.39 bits per heavy atom. The summed E-state index contributed by atoms with van der Waals surface area (Å²) in [5.74, 6) is 0.742. The van der Waals surface area contributed by atoms with E-state index in [1.807, 2.05) is 18.0 Å². The van der Waals surface area contributed by atoms with Gasteiger partial charge in [-0.2, -0.15) is 0 Å². The van der Waals surface area contributed by atoms with Gasteiger partial charge in [-0.3, -0.25) is 4.79 Å².